The van der Waals surface area contributed by atoms with E-state index in [-0.39, 0.29) is 0 Å². The molecule has 0 saturated carbocycles. The van der Waals surface area contributed by atoms with E-state index in [4.69, 9.17) is 4.74 Å². The van der Waals surface area contributed by atoms with Crippen molar-refractivity contribution < 1.29 is 9.53 Å². The molecule has 0 heterocycles. The quantitative estimate of drug-likeness (QED) is 0.210. The van der Waals surface area contributed by atoms with Crippen LogP contribution in [0.1, 0.15) is 86.6 Å². The number of methoxy groups -OCH3 is 1. The summed E-state index contributed by atoms with van der Waals surface area (Å²) in [7, 11) is 1.65. The summed E-state index contributed by atoms with van der Waals surface area (Å²) in [5.41, 5.74) is 1.78. The summed E-state index contributed by atoms with van der Waals surface area (Å²) in [5, 5.41) is 0. The third-order valence-corrected chi connectivity index (χ3v) is 4.70. The molecule has 0 aliphatic carbocycles. The van der Waals surface area contributed by atoms with Crippen LogP contribution in [0.5, 0.6) is 5.75 Å². The number of rotatable bonds is 14. The minimum absolute atomic E-state index is 0.377. The van der Waals surface area contributed by atoms with Crippen molar-refractivity contribution in [3.8, 4) is 5.75 Å². The highest BCUT2D eigenvalue weighted by Gasteiger charge is 2.17. The molecule has 0 radical (unpaired) electrons. The van der Waals surface area contributed by atoms with Crippen LogP contribution in [-0.4, -0.2) is 13.4 Å². The van der Waals surface area contributed by atoms with E-state index in [1.165, 1.54) is 44.9 Å². The van der Waals surface area contributed by atoms with E-state index in [2.05, 4.69) is 25.6 Å². The number of hydrogen-bond acceptors (Lipinski definition) is 2. The van der Waals surface area contributed by atoms with Gasteiger partial charge in [0.1, 0.15) is 5.75 Å². The van der Waals surface area contributed by atoms with Gasteiger partial charge in [0.25, 0.3) is 0 Å². The Morgan fingerprint density at radius 3 is 2.48 bits per heavy atom. The second kappa shape index (κ2) is 13.5. The number of ether oxygens (including phenoxy) is 1. The Hall–Kier alpha value is -1.83. The molecule has 138 valence electrons. The molecule has 2 heteroatoms. The number of allylic oxidation sites excluding steroid dienone is 3. The van der Waals surface area contributed by atoms with Crippen LogP contribution in [0.15, 0.2) is 43.0 Å². The Balaban J connectivity index is 2.71. The first kappa shape index (κ1) is 21.2. The second-order valence-corrected chi connectivity index (χ2v) is 6.59. The Morgan fingerprint density at radius 1 is 1.12 bits per heavy atom. The number of aldehydes is 1. The largest absolute Gasteiger partial charge is 0.496 e. The molecule has 0 amide bonds. The van der Waals surface area contributed by atoms with Gasteiger partial charge in [-0.2, -0.15) is 0 Å². The summed E-state index contributed by atoms with van der Waals surface area (Å²) >= 11 is 0. The summed E-state index contributed by atoms with van der Waals surface area (Å²) < 4.78 is 5.55. The molecule has 25 heavy (non-hydrogen) atoms. The van der Waals surface area contributed by atoms with Crippen molar-refractivity contribution in [1.29, 1.82) is 0 Å². The number of carbonyl (C=O) groups excluding carboxylic acids is 1. The minimum atomic E-state index is 0.377. The van der Waals surface area contributed by atoms with Gasteiger partial charge in [-0.05, 0) is 30.4 Å². The average Bonchev–Trinajstić information content (AvgIpc) is 2.65. The summed E-state index contributed by atoms with van der Waals surface area (Å²) in [5.74, 6) is 1.11. The molecule has 0 aromatic heterocycles. The molecule has 1 atom stereocenters. The van der Waals surface area contributed by atoms with Crippen molar-refractivity contribution in [2.24, 2.45) is 0 Å². The number of para-hydroxylation sites is 1. The highest BCUT2D eigenvalue weighted by atomic mass is 16.5. The van der Waals surface area contributed by atoms with Gasteiger partial charge in [0.05, 0.1) is 12.7 Å². The smallest absolute Gasteiger partial charge is 0.153 e. The van der Waals surface area contributed by atoms with Gasteiger partial charge in [-0.25, -0.2) is 0 Å². The number of hydrogen-bond donors (Lipinski definition) is 0. The molecule has 1 aromatic carbocycles. The lowest BCUT2D eigenvalue weighted by Crippen LogP contribution is -2.03. The summed E-state index contributed by atoms with van der Waals surface area (Å²) in [4.78, 5) is 11.3. The van der Waals surface area contributed by atoms with Crippen LogP contribution < -0.4 is 4.74 Å². The maximum absolute atomic E-state index is 11.3. The zero-order valence-corrected chi connectivity index (χ0v) is 16.0. The molecule has 0 saturated heterocycles. The summed E-state index contributed by atoms with van der Waals surface area (Å²) in [6.07, 6.45) is 18.1. The van der Waals surface area contributed by atoms with Gasteiger partial charge in [0.15, 0.2) is 6.29 Å². The maximum Gasteiger partial charge on any atom is 0.153 e. The van der Waals surface area contributed by atoms with Crippen LogP contribution in [0.25, 0.3) is 0 Å². The SMILES string of the molecule is C=CC=CCC(CCCCCCCCC)c1cccc(C=O)c1OC. The van der Waals surface area contributed by atoms with Crippen molar-refractivity contribution in [1.82, 2.24) is 0 Å². The third kappa shape index (κ3) is 7.72. The van der Waals surface area contributed by atoms with E-state index in [0.29, 0.717) is 11.5 Å². The molecule has 0 aliphatic rings. The molecular weight excluding hydrogens is 308 g/mol. The molecule has 0 N–H and O–H groups in total. The Bertz CT molecular complexity index is 531. The number of unbranched alkanes of at least 4 members (excludes halogenated alkanes) is 6. The first-order valence-corrected chi connectivity index (χ1v) is 9.68. The molecule has 1 aromatic rings. The van der Waals surface area contributed by atoms with Crippen molar-refractivity contribution >= 4 is 6.29 Å². The van der Waals surface area contributed by atoms with E-state index in [9.17, 15) is 4.79 Å². The van der Waals surface area contributed by atoms with Gasteiger partial charge in [0, 0.05) is 0 Å². The zero-order valence-electron chi connectivity index (χ0n) is 16.0. The lowest BCUT2D eigenvalue weighted by Gasteiger charge is -2.20. The Kier molecular flexibility index (Phi) is 11.4. The number of benzene rings is 1. The lowest BCUT2D eigenvalue weighted by atomic mass is 9.88. The molecular formula is C23H34O2. The van der Waals surface area contributed by atoms with Gasteiger partial charge in [-0.1, -0.05) is 88.8 Å². The van der Waals surface area contributed by atoms with Crippen molar-refractivity contribution in [2.45, 2.75) is 70.6 Å². The van der Waals surface area contributed by atoms with E-state index in [0.717, 1.165) is 30.4 Å². The molecule has 0 aliphatic heterocycles. The first-order valence-electron chi connectivity index (χ1n) is 9.68. The first-order chi connectivity index (χ1) is 12.3. The third-order valence-electron chi connectivity index (χ3n) is 4.70. The molecule has 0 fully saturated rings. The van der Waals surface area contributed by atoms with Gasteiger partial charge < -0.3 is 4.74 Å². The highest BCUT2D eigenvalue weighted by Crippen LogP contribution is 2.35. The summed E-state index contributed by atoms with van der Waals surface area (Å²) in [6.45, 7) is 6.00. The van der Waals surface area contributed by atoms with Crippen molar-refractivity contribution in [2.75, 3.05) is 7.11 Å². The van der Waals surface area contributed by atoms with Crippen LogP contribution in [0.4, 0.5) is 0 Å². The van der Waals surface area contributed by atoms with Crippen molar-refractivity contribution in [3.63, 3.8) is 0 Å². The fourth-order valence-corrected chi connectivity index (χ4v) is 3.31. The maximum atomic E-state index is 11.3. The predicted octanol–water partition coefficient (Wildman–Crippen LogP) is 6.86. The molecule has 1 rings (SSSR count). The van der Waals surface area contributed by atoms with Crippen LogP contribution in [0, 0.1) is 0 Å². The Morgan fingerprint density at radius 2 is 1.84 bits per heavy atom. The van der Waals surface area contributed by atoms with Gasteiger partial charge in [0.2, 0.25) is 0 Å². The van der Waals surface area contributed by atoms with Gasteiger partial charge in [-0.15, -0.1) is 0 Å². The van der Waals surface area contributed by atoms with Crippen LogP contribution in [-0.2, 0) is 0 Å². The molecule has 2 nitrogen and oxygen atoms in total. The highest BCUT2D eigenvalue weighted by molar-refractivity contribution is 5.80. The number of carbonyl (C=O) groups is 1. The Labute approximate surface area is 154 Å². The van der Waals surface area contributed by atoms with E-state index < -0.39 is 0 Å². The van der Waals surface area contributed by atoms with Gasteiger partial charge in [-0.3, -0.25) is 4.79 Å². The van der Waals surface area contributed by atoms with E-state index in [1.54, 1.807) is 7.11 Å². The fourth-order valence-electron chi connectivity index (χ4n) is 3.31. The zero-order chi connectivity index (χ0) is 18.3. The molecule has 0 bridgehead atoms. The normalized spacial score (nSPS) is 12.2. The lowest BCUT2D eigenvalue weighted by molar-refractivity contribution is 0.112. The summed E-state index contributed by atoms with van der Waals surface area (Å²) in [6, 6.07) is 5.87. The minimum Gasteiger partial charge on any atom is -0.496 e. The van der Waals surface area contributed by atoms with Crippen molar-refractivity contribution in [3.05, 3.63) is 54.1 Å². The average molecular weight is 343 g/mol. The molecule has 0 spiro atoms. The molecule has 1 unspecified atom stereocenters. The second-order valence-electron chi connectivity index (χ2n) is 6.59. The van der Waals surface area contributed by atoms with Crippen LogP contribution in [0.3, 0.4) is 0 Å². The predicted molar refractivity (Wildman–Crippen MR) is 108 cm³/mol. The van der Waals surface area contributed by atoms with E-state index >= 15 is 0 Å². The van der Waals surface area contributed by atoms with Crippen LogP contribution >= 0.6 is 0 Å². The standard InChI is InChI=1S/C23H34O2/c1-4-6-8-9-10-11-13-16-20(15-12-7-5-2)22-18-14-17-21(19-24)23(22)25-3/h5,7,12,14,17-20H,2,4,6,8-11,13,15-16H2,1,3H3. The topological polar surface area (TPSA) is 26.3 Å². The fraction of sp³-hybridized carbons (Fsp3) is 0.522. The van der Waals surface area contributed by atoms with E-state index in [1.807, 2.05) is 24.3 Å². The van der Waals surface area contributed by atoms with Crippen LogP contribution in [0.2, 0.25) is 0 Å². The monoisotopic (exact) mass is 342 g/mol. The van der Waals surface area contributed by atoms with Gasteiger partial charge >= 0.3 is 0 Å².